The fraction of sp³-hybridized carbons (Fsp3) is 0.188. The zero-order chi connectivity index (χ0) is 15.4. The average molecular weight is 306 g/mol. The molecule has 0 aliphatic heterocycles. The highest BCUT2D eigenvalue weighted by Crippen LogP contribution is 2.27. The number of aryl methyl sites for hydroxylation is 2. The van der Waals surface area contributed by atoms with Crippen LogP contribution in [-0.4, -0.2) is 11.1 Å². The lowest BCUT2D eigenvalue weighted by atomic mass is 10.0. The molecule has 2 aromatic rings. The maximum atomic E-state index is 11.7. The predicted molar refractivity (Wildman–Crippen MR) is 81.0 cm³/mol. The van der Waals surface area contributed by atoms with Crippen molar-refractivity contribution in [1.29, 1.82) is 0 Å². The van der Waals surface area contributed by atoms with Crippen LogP contribution in [0.25, 0.3) is 0 Å². The molecular formula is C16H16ClNO3. The molecule has 4 nitrogen and oxygen atoms in total. The van der Waals surface area contributed by atoms with Crippen LogP contribution < -0.4 is 10.2 Å². The van der Waals surface area contributed by atoms with Crippen molar-refractivity contribution < 1.29 is 14.7 Å². The van der Waals surface area contributed by atoms with E-state index in [2.05, 4.69) is 0 Å². The van der Waals surface area contributed by atoms with Crippen LogP contribution >= 0.6 is 11.6 Å². The van der Waals surface area contributed by atoms with Crippen molar-refractivity contribution >= 4 is 17.5 Å². The van der Waals surface area contributed by atoms with Crippen molar-refractivity contribution in [3.63, 3.8) is 0 Å². The third-order valence-electron chi connectivity index (χ3n) is 3.22. The Kier molecular flexibility index (Phi) is 4.83. The molecule has 0 spiro atoms. The van der Waals surface area contributed by atoms with Crippen molar-refractivity contribution in [1.82, 2.24) is 5.48 Å². The Morgan fingerprint density at radius 3 is 2.71 bits per heavy atom. The van der Waals surface area contributed by atoms with Gasteiger partial charge < -0.3 is 4.74 Å². The molecule has 0 atom stereocenters. The van der Waals surface area contributed by atoms with E-state index in [-0.39, 0.29) is 6.61 Å². The summed E-state index contributed by atoms with van der Waals surface area (Å²) in [5, 5.41) is 9.33. The Morgan fingerprint density at radius 1 is 1.29 bits per heavy atom. The fourth-order valence-corrected chi connectivity index (χ4v) is 2.33. The second-order valence-electron chi connectivity index (χ2n) is 4.76. The molecule has 0 unspecified atom stereocenters. The molecule has 2 N–H and O–H groups in total. The van der Waals surface area contributed by atoms with E-state index in [0.29, 0.717) is 21.9 Å². The van der Waals surface area contributed by atoms with Crippen molar-refractivity contribution in [2.45, 2.75) is 20.5 Å². The molecule has 21 heavy (non-hydrogen) atoms. The number of hydroxylamine groups is 1. The minimum Gasteiger partial charge on any atom is -0.487 e. The monoisotopic (exact) mass is 305 g/mol. The highest BCUT2D eigenvalue weighted by Gasteiger charge is 2.13. The molecule has 0 aliphatic carbocycles. The largest absolute Gasteiger partial charge is 0.487 e. The normalized spacial score (nSPS) is 10.3. The highest BCUT2D eigenvalue weighted by atomic mass is 35.5. The number of ether oxygens (including phenoxy) is 1. The number of nitrogens with one attached hydrogen (secondary N) is 1. The molecule has 2 aromatic carbocycles. The van der Waals surface area contributed by atoms with Gasteiger partial charge in [-0.3, -0.25) is 10.0 Å². The first-order chi connectivity index (χ1) is 10.0. The summed E-state index contributed by atoms with van der Waals surface area (Å²) in [5.74, 6) is -0.00632. The molecule has 110 valence electrons. The molecule has 0 aromatic heterocycles. The van der Waals surface area contributed by atoms with Crippen molar-refractivity contribution in [2.24, 2.45) is 0 Å². The van der Waals surface area contributed by atoms with Crippen molar-refractivity contribution in [2.75, 3.05) is 0 Å². The van der Waals surface area contributed by atoms with Gasteiger partial charge in [0, 0.05) is 11.1 Å². The highest BCUT2D eigenvalue weighted by molar-refractivity contribution is 6.32. The summed E-state index contributed by atoms with van der Waals surface area (Å²) in [7, 11) is 0. The lowest BCUT2D eigenvalue weighted by molar-refractivity contribution is 0.0703. The molecule has 0 saturated heterocycles. The van der Waals surface area contributed by atoms with E-state index in [4.69, 9.17) is 21.5 Å². The molecule has 0 saturated carbocycles. The standard InChI is InChI=1S/C16H16ClNO3/c1-10-6-7-15(14(17)8-10)21-9-13-11(2)4-3-5-12(13)16(19)18-20/h3-8,20H,9H2,1-2H3,(H,18,19). The Labute approximate surface area is 128 Å². The Morgan fingerprint density at radius 2 is 2.05 bits per heavy atom. The van der Waals surface area contributed by atoms with Gasteiger partial charge in [-0.25, -0.2) is 5.48 Å². The third kappa shape index (κ3) is 3.54. The van der Waals surface area contributed by atoms with Crippen molar-refractivity contribution in [3.8, 4) is 5.75 Å². The first-order valence-corrected chi connectivity index (χ1v) is 6.82. The number of amides is 1. The molecule has 0 radical (unpaired) electrons. The third-order valence-corrected chi connectivity index (χ3v) is 3.51. The second-order valence-corrected chi connectivity index (χ2v) is 5.17. The SMILES string of the molecule is Cc1ccc(OCc2c(C)cccc2C(=O)NO)c(Cl)c1. The van der Waals surface area contributed by atoms with E-state index < -0.39 is 5.91 Å². The number of halogens is 1. The molecule has 1 amide bonds. The van der Waals surface area contributed by atoms with Crippen LogP contribution in [0.1, 0.15) is 27.0 Å². The average Bonchev–Trinajstić information content (AvgIpc) is 2.46. The summed E-state index contributed by atoms with van der Waals surface area (Å²) < 4.78 is 5.70. The molecule has 5 heteroatoms. The summed E-state index contributed by atoms with van der Waals surface area (Å²) in [6, 6.07) is 10.8. The Bertz CT molecular complexity index is 671. The summed E-state index contributed by atoms with van der Waals surface area (Å²) >= 11 is 6.12. The van der Waals surface area contributed by atoms with Crippen LogP contribution in [-0.2, 0) is 6.61 Å². The summed E-state index contributed by atoms with van der Waals surface area (Å²) in [4.78, 5) is 11.7. The molecule has 2 rings (SSSR count). The van der Waals surface area contributed by atoms with Crippen LogP contribution in [0.4, 0.5) is 0 Å². The van der Waals surface area contributed by atoms with Gasteiger partial charge in [-0.15, -0.1) is 0 Å². The van der Waals surface area contributed by atoms with E-state index in [1.807, 2.05) is 32.0 Å². The molecular weight excluding hydrogens is 290 g/mol. The second kappa shape index (κ2) is 6.61. The van der Waals surface area contributed by atoms with Crippen molar-refractivity contribution in [3.05, 3.63) is 63.7 Å². The van der Waals surface area contributed by atoms with Crippen LogP contribution in [0, 0.1) is 13.8 Å². The first-order valence-electron chi connectivity index (χ1n) is 6.45. The predicted octanol–water partition coefficient (Wildman–Crippen LogP) is 3.65. The number of carbonyl (C=O) groups is 1. The van der Waals surface area contributed by atoms with Gasteiger partial charge in [-0.1, -0.05) is 29.8 Å². The molecule has 0 heterocycles. The summed E-state index contributed by atoms with van der Waals surface area (Å²) in [5.41, 5.74) is 4.68. The lowest BCUT2D eigenvalue weighted by Gasteiger charge is -2.13. The van der Waals surface area contributed by atoms with Gasteiger partial charge in [0.05, 0.1) is 5.02 Å². The molecule has 0 fully saturated rings. The van der Waals surface area contributed by atoms with E-state index in [0.717, 1.165) is 11.1 Å². The molecule has 0 aliphatic rings. The zero-order valence-corrected chi connectivity index (χ0v) is 12.6. The number of hydrogen-bond acceptors (Lipinski definition) is 3. The first kappa shape index (κ1) is 15.4. The summed E-state index contributed by atoms with van der Waals surface area (Å²) in [6.07, 6.45) is 0. The van der Waals surface area contributed by atoms with E-state index in [1.54, 1.807) is 23.7 Å². The zero-order valence-electron chi connectivity index (χ0n) is 11.8. The van der Waals surface area contributed by atoms with Gasteiger partial charge in [0.1, 0.15) is 12.4 Å². The minimum absolute atomic E-state index is 0.193. The minimum atomic E-state index is -0.563. The maximum absolute atomic E-state index is 11.7. The van der Waals surface area contributed by atoms with Crippen LogP contribution in [0.15, 0.2) is 36.4 Å². The van der Waals surface area contributed by atoms with Crippen LogP contribution in [0.2, 0.25) is 5.02 Å². The smallest absolute Gasteiger partial charge is 0.275 e. The van der Waals surface area contributed by atoms with Gasteiger partial charge in [0.15, 0.2) is 0 Å². The number of carbonyl (C=O) groups excluding carboxylic acids is 1. The lowest BCUT2D eigenvalue weighted by Crippen LogP contribution is -2.21. The van der Waals surface area contributed by atoms with Crippen LogP contribution in [0.3, 0.4) is 0 Å². The van der Waals surface area contributed by atoms with E-state index in [9.17, 15) is 4.79 Å². The van der Waals surface area contributed by atoms with Gasteiger partial charge in [-0.2, -0.15) is 0 Å². The van der Waals surface area contributed by atoms with Crippen LogP contribution in [0.5, 0.6) is 5.75 Å². The van der Waals surface area contributed by atoms with Gasteiger partial charge in [-0.05, 0) is 43.2 Å². The molecule has 0 bridgehead atoms. The topological polar surface area (TPSA) is 58.6 Å². The fourth-order valence-electron chi connectivity index (χ4n) is 2.04. The van der Waals surface area contributed by atoms with Gasteiger partial charge in [0.25, 0.3) is 5.91 Å². The number of hydrogen-bond donors (Lipinski definition) is 2. The van der Waals surface area contributed by atoms with E-state index in [1.165, 1.54) is 0 Å². The summed E-state index contributed by atoms with van der Waals surface area (Å²) in [6.45, 7) is 4.02. The van der Waals surface area contributed by atoms with Gasteiger partial charge >= 0.3 is 0 Å². The van der Waals surface area contributed by atoms with Gasteiger partial charge in [0.2, 0.25) is 0 Å². The Balaban J connectivity index is 2.25. The quantitative estimate of drug-likeness (QED) is 0.669. The van der Waals surface area contributed by atoms with E-state index >= 15 is 0 Å². The number of rotatable bonds is 4. The Hall–Kier alpha value is -2.04. The number of benzene rings is 2. The maximum Gasteiger partial charge on any atom is 0.275 e.